The van der Waals surface area contributed by atoms with Crippen molar-refractivity contribution in [2.75, 3.05) is 0 Å². The average Bonchev–Trinajstić information content (AvgIpc) is 2.44. The Bertz CT molecular complexity index is 532. The smallest absolute Gasteiger partial charge is 0.312 e. The number of cyclic esters (lactones) is 1. The van der Waals surface area contributed by atoms with Crippen LogP contribution in [-0.4, -0.2) is 11.8 Å². The molecule has 1 saturated carbocycles. The number of esters is 1. The van der Waals surface area contributed by atoms with Crippen molar-refractivity contribution >= 4 is 11.8 Å². The first kappa shape index (κ1) is 13.3. The monoisotopic (exact) mass is 272 g/mol. The van der Waals surface area contributed by atoms with Gasteiger partial charge in [-0.2, -0.15) is 0 Å². The van der Waals surface area contributed by atoms with Crippen molar-refractivity contribution in [1.82, 2.24) is 0 Å². The summed E-state index contributed by atoms with van der Waals surface area (Å²) in [6.07, 6.45) is 2.02. The molecule has 0 N–H and O–H groups in total. The van der Waals surface area contributed by atoms with Gasteiger partial charge in [-0.3, -0.25) is 9.59 Å². The lowest BCUT2D eigenvalue weighted by Crippen LogP contribution is -2.51. The molecular weight excluding hydrogens is 252 g/mol. The summed E-state index contributed by atoms with van der Waals surface area (Å²) in [7, 11) is 0. The molecule has 3 atom stereocenters. The first-order valence-corrected chi connectivity index (χ1v) is 7.30. The van der Waals surface area contributed by atoms with E-state index in [1.165, 1.54) is 0 Å². The normalized spacial score (nSPS) is 32.4. The number of hydrogen-bond donors (Lipinski definition) is 0. The van der Waals surface area contributed by atoms with E-state index >= 15 is 0 Å². The van der Waals surface area contributed by atoms with Gasteiger partial charge in [0.15, 0.2) is 0 Å². The van der Waals surface area contributed by atoms with E-state index in [-0.39, 0.29) is 23.6 Å². The third kappa shape index (κ3) is 1.96. The van der Waals surface area contributed by atoms with Crippen LogP contribution in [0, 0.1) is 17.3 Å². The van der Waals surface area contributed by atoms with Crippen molar-refractivity contribution in [3.05, 3.63) is 35.9 Å². The number of Topliss-reactive ketones (excluding diaryl/α,β-unsaturated/α-hetero) is 1. The molecule has 0 amide bonds. The van der Waals surface area contributed by atoms with Gasteiger partial charge in [0.25, 0.3) is 0 Å². The van der Waals surface area contributed by atoms with E-state index in [9.17, 15) is 9.59 Å². The molecule has 3 nitrogen and oxygen atoms in total. The minimum Gasteiger partial charge on any atom is -0.456 e. The summed E-state index contributed by atoms with van der Waals surface area (Å²) >= 11 is 0. The molecule has 1 saturated heterocycles. The molecule has 1 aliphatic carbocycles. The lowest BCUT2D eigenvalue weighted by atomic mass is 9.61. The van der Waals surface area contributed by atoms with Crippen LogP contribution >= 0.6 is 0 Å². The molecular formula is C17H20O3. The third-order valence-corrected chi connectivity index (χ3v) is 4.88. The highest BCUT2D eigenvalue weighted by atomic mass is 16.5. The Hall–Kier alpha value is -1.64. The maximum atomic E-state index is 12.4. The van der Waals surface area contributed by atoms with Crippen LogP contribution in [0.25, 0.3) is 0 Å². The predicted molar refractivity (Wildman–Crippen MR) is 74.9 cm³/mol. The van der Waals surface area contributed by atoms with Crippen molar-refractivity contribution in [2.45, 2.75) is 39.2 Å². The van der Waals surface area contributed by atoms with Crippen LogP contribution in [-0.2, 0) is 14.3 Å². The molecule has 3 heteroatoms. The van der Waals surface area contributed by atoms with Crippen molar-refractivity contribution in [3.63, 3.8) is 0 Å². The molecule has 2 fully saturated rings. The number of carbonyl (C=O) groups excluding carboxylic acids is 2. The lowest BCUT2D eigenvalue weighted by molar-refractivity contribution is -0.188. The van der Waals surface area contributed by atoms with Gasteiger partial charge in [-0.05, 0) is 38.2 Å². The number of hydrogen-bond acceptors (Lipinski definition) is 3. The zero-order chi connectivity index (χ0) is 14.3. The van der Waals surface area contributed by atoms with E-state index in [4.69, 9.17) is 4.74 Å². The Kier molecular flexibility index (Phi) is 3.15. The second-order valence-electron chi connectivity index (χ2n) is 6.45. The molecule has 1 heterocycles. The fourth-order valence-corrected chi connectivity index (χ4v) is 3.67. The van der Waals surface area contributed by atoms with E-state index in [0.717, 1.165) is 18.4 Å². The van der Waals surface area contributed by atoms with Gasteiger partial charge in [0.05, 0.1) is 11.3 Å². The highest BCUT2D eigenvalue weighted by Gasteiger charge is 2.54. The topological polar surface area (TPSA) is 43.4 Å². The first-order valence-electron chi connectivity index (χ1n) is 7.30. The van der Waals surface area contributed by atoms with Crippen LogP contribution in [0.15, 0.2) is 30.3 Å². The summed E-state index contributed by atoms with van der Waals surface area (Å²) in [5, 5.41) is 0. The maximum absolute atomic E-state index is 12.4. The van der Waals surface area contributed by atoms with Gasteiger partial charge in [0.1, 0.15) is 11.9 Å². The number of ketones is 1. The van der Waals surface area contributed by atoms with Gasteiger partial charge < -0.3 is 4.74 Å². The largest absolute Gasteiger partial charge is 0.456 e. The highest BCUT2D eigenvalue weighted by Crippen LogP contribution is 2.51. The Balaban J connectivity index is 2.03. The molecule has 0 spiro atoms. The van der Waals surface area contributed by atoms with E-state index in [1.54, 1.807) is 0 Å². The van der Waals surface area contributed by atoms with Crippen molar-refractivity contribution in [1.29, 1.82) is 0 Å². The molecule has 3 rings (SSSR count). The minimum absolute atomic E-state index is 0.0928. The molecule has 1 aromatic carbocycles. The second-order valence-corrected chi connectivity index (χ2v) is 6.45. The SMILES string of the molecule is CC1(C)C(=O)O[C@H](c2ccccc2)[C@H]2C(=O)CCC[C@@H]21. The van der Waals surface area contributed by atoms with E-state index in [0.29, 0.717) is 6.42 Å². The van der Waals surface area contributed by atoms with Gasteiger partial charge in [-0.15, -0.1) is 0 Å². The van der Waals surface area contributed by atoms with Gasteiger partial charge in [0, 0.05) is 6.42 Å². The highest BCUT2D eigenvalue weighted by molar-refractivity contribution is 5.87. The summed E-state index contributed by atoms with van der Waals surface area (Å²) < 4.78 is 5.67. The summed E-state index contributed by atoms with van der Waals surface area (Å²) in [6, 6.07) is 9.65. The molecule has 0 bridgehead atoms. The number of ether oxygens (including phenoxy) is 1. The van der Waals surface area contributed by atoms with Gasteiger partial charge >= 0.3 is 5.97 Å². The van der Waals surface area contributed by atoms with Crippen LogP contribution < -0.4 is 0 Å². The van der Waals surface area contributed by atoms with Crippen LogP contribution in [0.5, 0.6) is 0 Å². The average molecular weight is 272 g/mol. The van der Waals surface area contributed by atoms with Crippen LogP contribution in [0.2, 0.25) is 0 Å². The van der Waals surface area contributed by atoms with Gasteiger partial charge in [-0.25, -0.2) is 0 Å². The van der Waals surface area contributed by atoms with E-state index in [2.05, 4.69) is 0 Å². The van der Waals surface area contributed by atoms with Crippen molar-refractivity contribution in [2.24, 2.45) is 17.3 Å². The molecule has 0 unspecified atom stereocenters. The molecule has 0 radical (unpaired) electrons. The van der Waals surface area contributed by atoms with E-state index in [1.807, 2.05) is 44.2 Å². The Morgan fingerprint density at radius 1 is 1.15 bits per heavy atom. The Morgan fingerprint density at radius 2 is 1.85 bits per heavy atom. The minimum atomic E-state index is -0.563. The molecule has 20 heavy (non-hydrogen) atoms. The number of benzene rings is 1. The summed E-state index contributed by atoms with van der Waals surface area (Å²) in [4.78, 5) is 24.7. The first-order chi connectivity index (χ1) is 9.51. The Labute approximate surface area is 119 Å². The van der Waals surface area contributed by atoms with Gasteiger partial charge in [-0.1, -0.05) is 30.3 Å². The standard InChI is InChI=1S/C17H20O3/c1-17(2)12-9-6-10-13(18)14(12)15(20-16(17)19)11-7-4-3-5-8-11/h3-5,7-8,12,14-15H,6,9-10H2,1-2H3/t12-,14+,15+/m0/s1. The summed E-state index contributed by atoms with van der Waals surface area (Å²) in [6.45, 7) is 3.82. The van der Waals surface area contributed by atoms with Crippen LogP contribution in [0.1, 0.15) is 44.8 Å². The predicted octanol–water partition coefficient (Wildman–Crippen LogP) is 3.30. The molecule has 2 aliphatic rings. The van der Waals surface area contributed by atoms with Crippen molar-refractivity contribution in [3.8, 4) is 0 Å². The van der Waals surface area contributed by atoms with Crippen LogP contribution in [0.3, 0.4) is 0 Å². The second kappa shape index (κ2) is 4.72. The lowest BCUT2D eigenvalue weighted by Gasteiger charge is -2.47. The molecule has 106 valence electrons. The van der Waals surface area contributed by atoms with Crippen molar-refractivity contribution < 1.29 is 14.3 Å². The zero-order valence-electron chi connectivity index (χ0n) is 12.0. The molecule has 0 aromatic heterocycles. The maximum Gasteiger partial charge on any atom is 0.312 e. The zero-order valence-corrected chi connectivity index (χ0v) is 12.0. The molecule has 1 aliphatic heterocycles. The van der Waals surface area contributed by atoms with E-state index < -0.39 is 11.5 Å². The summed E-state index contributed by atoms with van der Waals surface area (Å²) in [5.74, 6) is -0.0213. The fraction of sp³-hybridized carbons (Fsp3) is 0.529. The number of carbonyl (C=O) groups is 2. The number of rotatable bonds is 1. The Morgan fingerprint density at radius 3 is 2.55 bits per heavy atom. The number of fused-ring (bicyclic) bond motifs is 1. The van der Waals surface area contributed by atoms with Gasteiger partial charge in [0.2, 0.25) is 0 Å². The quantitative estimate of drug-likeness (QED) is 0.737. The summed E-state index contributed by atoms with van der Waals surface area (Å²) in [5.41, 5.74) is 0.369. The fourth-order valence-electron chi connectivity index (χ4n) is 3.67. The third-order valence-electron chi connectivity index (χ3n) is 4.88. The van der Waals surface area contributed by atoms with Crippen LogP contribution in [0.4, 0.5) is 0 Å². The molecule has 1 aromatic rings.